The Bertz CT molecular complexity index is 1590. The van der Waals surface area contributed by atoms with Crippen LogP contribution in [0.1, 0.15) is 22.7 Å². The van der Waals surface area contributed by atoms with Crippen molar-refractivity contribution in [2.24, 2.45) is 12.8 Å². The van der Waals surface area contributed by atoms with Gasteiger partial charge in [-0.25, -0.2) is 22.0 Å². The van der Waals surface area contributed by atoms with Crippen LogP contribution >= 0.6 is 0 Å². The van der Waals surface area contributed by atoms with Gasteiger partial charge in [0.25, 0.3) is 0 Å². The van der Waals surface area contributed by atoms with E-state index in [1.165, 1.54) is 9.36 Å². The van der Waals surface area contributed by atoms with Crippen molar-refractivity contribution in [1.29, 1.82) is 5.26 Å². The van der Waals surface area contributed by atoms with E-state index in [1.54, 1.807) is 56.4 Å². The fraction of sp³-hybridized carbons (Fsp3) is 0.125. The molecule has 0 bridgehead atoms. The molecule has 0 saturated heterocycles. The summed E-state index contributed by atoms with van der Waals surface area (Å²) in [5, 5.41) is 18.6. The first-order valence-corrected chi connectivity index (χ1v) is 10.4. The number of aryl methyl sites for hydroxylation is 2. The third kappa shape index (κ3) is 3.24. The van der Waals surface area contributed by atoms with Crippen LogP contribution in [0.25, 0.3) is 17.1 Å². The van der Waals surface area contributed by atoms with Crippen LogP contribution in [0.5, 0.6) is 5.88 Å². The van der Waals surface area contributed by atoms with Crippen molar-refractivity contribution in [3.05, 3.63) is 93.8 Å². The zero-order valence-electron chi connectivity index (χ0n) is 18.7. The van der Waals surface area contributed by atoms with Gasteiger partial charge in [0.05, 0.1) is 28.6 Å². The highest BCUT2D eigenvalue weighted by molar-refractivity contribution is 5.70. The lowest BCUT2D eigenvalue weighted by atomic mass is 9.82. The standard InChI is InChI=1S/C24H15F5N6O/c1-10-8-13(34(2)32-10)22-16-14(15-17(25)19(27)21(29)20(28)18(15)26)12(9-30)23(31)36-24(16)35(33-22)11-6-4-3-5-7-11/h3-8,14H,31H2,1-2H3/t14-/m1/s1. The van der Waals surface area contributed by atoms with Crippen molar-refractivity contribution < 1.29 is 26.7 Å². The Morgan fingerprint density at radius 1 is 0.944 bits per heavy atom. The van der Waals surface area contributed by atoms with Crippen LogP contribution < -0.4 is 10.5 Å². The minimum Gasteiger partial charge on any atom is -0.422 e. The van der Waals surface area contributed by atoms with Gasteiger partial charge in [-0.3, -0.25) is 4.68 Å². The van der Waals surface area contributed by atoms with E-state index >= 15 is 8.78 Å². The summed E-state index contributed by atoms with van der Waals surface area (Å²) in [4.78, 5) is 0. The average Bonchev–Trinajstić information content (AvgIpc) is 3.40. The molecule has 0 amide bonds. The lowest BCUT2D eigenvalue weighted by Crippen LogP contribution is -2.24. The zero-order valence-corrected chi connectivity index (χ0v) is 18.7. The van der Waals surface area contributed by atoms with Gasteiger partial charge in [-0.15, -0.1) is 0 Å². The number of fused-ring (bicyclic) bond motifs is 1. The van der Waals surface area contributed by atoms with Crippen molar-refractivity contribution in [2.75, 3.05) is 0 Å². The molecule has 0 aliphatic carbocycles. The molecule has 2 N–H and O–H groups in total. The Morgan fingerprint density at radius 3 is 2.11 bits per heavy atom. The van der Waals surface area contributed by atoms with E-state index in [0.29, 0.717) is 17.1 Å². The molecule has 3 heterocycles. The van der Waals surface area contributed by atoms with E-state index in [2.05, 4.69) is 10.2 Å². The number of benzene rings is 2. The number of hydrogen-bond acceptors (Lipinski definition) is 5. The van der Waals surface area contributed by atoms with Gasteiger partial charge in [0.2, 0.25) is 17.6 Å². The highest BCUT2D eigenvalue weighted by Gasteiger charge is 2.43. The van der Waals surface area contributed by atoms with Gasteiger partial charge >= 0.3 is 0 Å². The first-order valence-electron chi connectivity index (χ1n) is 10.4. The van der Waals surface area contributed by atoms with Gasteiger partial charge in [0.15, 0.2) is 23.3 Å². The van der Waals surface area contributed by atoms with E-state index in [0.717, 1.165) is 0 Å². The number of aromatic nitrogens is 4. The summed E-state index contributed by atoms with van der Waals surface area (Å²) in [6, 6.07) is 11.8. The molecule has 182 valence electrons. The summed E-state index contributed by atoms with van der Waals surface area (Å²) in [7, 11) is 1.59. The zero-order chi connectivity index (χ0) is 25.9. The van der Waals surface area contributed by atoms with E-state index in [-0.39, 0.29) is 17.1 Å². The molecule has 0 radical (unpaired) electrons. The largest absolute Gasteiger partial charge is 0.422 e. The number of nitrogens with two attached hydrogens (primary N) is 1. The molecule has 1 atom stereocenters. The van der Waals surface area contributed by atoms with E-state index in [1.807, 2.05) is 0 Å². The quantitative estimate of drug-likeness (QED) is 0.255. The van der Waals surface area contributed by atoms with Crippen LogP contribution in [0.4, 0.5) is 22.0 Å². The fourth-order valence-electron chi connectivity index (χ4n) is 4.27. The Kier molecular flexibility index (Phi) is 5.28. The van der Waals surface area contributed by atoms with Crippen molar-refractivity contribution in [2.45, 2.75) is 12.8 Å². The fourth-order valence-corrected chi connectivity index (χ4v) is 4.27. The van der Waals surface area contributed by atoms with Crippen molar-refractivity contribution in [1.82, 2.24) is 19.6 Å². The smallest absolute Gasteiger partial charge is 0.229 e. The second-order valence-electron chi connectivity index (χ2n) is 8.02. The third-order valence-corrected chi connectivity index (χ3v) is 5.83. The highest BCUT2D eigenvalue weighted by Crippen LogP contribution is 2.49. The second kappa shape index (κ2) is 8.23. The molecular formula is C24H15F5N6O. The van der Waals surface area contributed by atoms with Crippen LogP contribution in [0.15, 0.2) is 47.9 Å². The maximum atomic E-state index is 15.1. The lowest BCUT2D eigenvalue weighted by molar-refractivity contribution is 0.352. The molecule has 7 nitrogen and oxygen atoms in total. The Labute approximate surface area is 200 Å². The summed E-state index contributed by atoms with van der Waals surface area (Å²) >= 11 is 0. The highest BCUT2D eigenvalue weighted by atomic mass is 19.2. The Hall–Kier alpha value is -4.66. The summed E-state index contributed by atoms with van der Waals surface area (Å²) in [6.45, 7) is 1.70. The first kappa shape index (κ1) is 23.1. The molecule has 0 fully saturated rings. The molecule has 36 heavy (non-hydrogen) atoms. The van der Waals surface area contributed by atoms with Crippen molar-refractivity contribution >= 4 is 0 Å². The topological polar surface area (TPSA) is 94.7 Å². The number of halogens is 5. The number of ether oxygens (including phenoxy) is 1. The van der Waals surface area contributed by atoms with Crippen LogP contribution in [0, 0.1) is 47.3 Å². The molecule has 2 aromatic carbocycles. The molecule has 1 aliphatic heterocycles. The first-order chi connectivity index (χ1) is 17.1. The van der Waals surface area contributed by atoms with Crippen molar-refractivity contribution in [3.8, 4) is 29.0 Å². The number of rotatable bonds is 3. The normalized spacial score (nSPS) is 15.0. The second-order valence-corrected chi connectivity index (χ2v) is 8.02. The van der Waals surface area contributed by atoms with E-state index in [9.17, 15) is 18.4 Å². The Morgan fingerprint density at radius 2 is 1.56 bits per heavy atom. The third-order valence-electron chi connectivity index (χ3n) is 5.83. The van der Waals surface area contributed by atoms with Gasteiger partial charge in [0.1, 0.15) is 17.3 Å². The number of allylic oxidation sites excluding steroid dienone is 1. The number of nitriles is 1. The molecule has 12 heteroatoms. The molecule has 1 aliphatic rings. The van der Waals surface area contributed by atoms with Gasteiger partial charge in [-0.2, -0.15) is 20.1 Å². The summed E-state index contributed by atoms with van der Waals surface area (Å²) in [5.41, 5.74) is 5.43. The summed E-state index contributed by atoms with van der Waals surface area (Å²) in [6.07, 6.45) is 0. The van der Waals surface area contributed by atoms with Gasteiger partial charge in [0, 0.05) is 12.6 Å². The molecule has 4 aromatic rings. The number of para-hydroxylation sites is 1. The lowest BCUT2D eigenvalue weighted by Gasteiger charge is -2.26. The average molecular weight is 498 g/mol. The Balaban J connectivity index is 1.93. The van der Waals surface area contributed by atoms with Gasteiger partial charge < -0.3 is 10.5 Å². The van der Waals surface area contributed by atoms with Crippen LogP contribution in [0.3, 0.4) is 0 Å². The number of hydrogen-bond donors (Lipinski definition) is 1. The van der Waals surface area contributed by atoms with Gasteiger partial charge in [-0.05, 0) is 25.1 Å². The van der Waals surface area contributed by atoms with Gasteiger partial charge in [-0.1, -0.05) is 18.2 Å². The maximum Gasteiger partial charge on any atom is 0.229 e. The SMILES string of the molecule is Cc1cc(-c2nn(-c3ccccc3)c3c2[C@@H](c2c(F)c(F)c(F)c(F)c2F)C(C#N)=C(N)O3)n(C)n1. The molecule has 0 unspecified atom stereocenters. The monoisotopic (exact) mass is 498 g/mol. The molecular weight excluding hydrogens is 483 g/mol. The predicted octanol–water partition coefficient (Wildman–Crippen LogP) is 4.49. The minimum atomic E-state index is -2.32. The maximum absolute atomic E-state index is 15.1. The summed E-state index contributed by atoms with van der Waals surface area (Å²) in [5.74, 6) is -13.4. The molecule has 2 aromatic heterocycles. The molecule has 0 saturated carbocycles. The number of nitrogens with zero attached hydrogens (tertiary/aromatic N) is 5. The van der Waals surface area contributed by atoms with E-state index < -0.39 is 52.0 Å². The van der Waals surface area contributed by atoms with Crippen LogP contribution in [-0.2, 0) is 7.05 Å². The minimum absolute atomic E-state index is 0.0474. The molecule has 0 spiro atoms. The van der Waals surface area contributed by atoms with Crippen LogP contribution in [-0.4, -0.2) is 19.6 Å². The summed E-state index contributed by atoms with van der Waals surface area (Å²) < 4.78 is 80.9. The van der Waals surface area contributed by atoms with Crippen LogP contribution in [0.2, 0.25) is 0 Å². The van der Waals surface area contributed by atoms with Crippen molar-refractivity contribution in [3.63, 3.8) is 0 Å². The molecule has 5 rings (SSSR count). The van der Waals surface area contributed by atoms with E-state index in [4.69, 9.17) is 10.5 Å². The predicted molar refractivity (Wildman–Crippen MR) is 116 cm³/mol.